The molecule has 3 aromatic carbocycles. The average Bonchev–Trinajstić information content (AvgIpc) is 3.14. The molecule has 0 bridgehead atoms. The summed E-state index contributed by atoms with van der Waals surface area (Å²) in [4.78, 5) is 34.5. The van der Waals surface area contributed by atoms with Crippen LogP contribution in [0.15, 0.2) is 101 Å². The zero-order chi connectivity index (χ0) is 38.7. The van der Waals surface area contributed by atoms with Gasteiger partial charge in [0.25, 0.3) is 15.6 Å². The molecule has 3 unspecified atom stereocenters. The normalized spacial score (nSPS) is 17.3. The molecule has 0 aliphatic heterocycles. The zero-order valence-electron chi connectivity index (χ0n) is 29.7. The molecule has 3 atom stereocenters. The van der Waals surface area contributed by atoms with E-state index in [1.807, 2.05) is 37.3 Å². The van der Waals surface area contributed by atoms with Gasteiger partial charge < -0.3 is 19.9 Å². The molecule has 1 aliphatic carbocycles. The van der Waals surface area contributed by atoms with Gasteiger partial charge in [0.1, 0.15) is 28.0 Å². The Kier molecular flexibility index (Phi) is 10.8. The first-order valence-corrected chi connectivity index (χ1v) is 18.4. The Hall–Kier alpha value is -6.09. The molecule has 0 saturated heterocycles. The third-order valence-electron chi connectivity index (χ3n) is 9.39. The highest BCUT2D eigenvalue weighted by Crippen LogP contribution is 2.41. The van der Waals surface area contributed by atoms with Crippen LogP contribution in [0.5, 0.6) is 11.6 Å². The third-order valence-corrected chi connectivity index (χ3v) is 10.8. The predicted octanol–water partition coefficient (Wildman–Crippen LogP) is 6.94. The Balaban J connectivity index is 1.41. The second kappa shape index (κ2) is 15.5. The topological polar surface area (TPSA) is 162 Å². The average molecular weight is 758 g/mol. The van der Waals surface area contributed by atoms with Crippen LogP contribution in [-0.4, -0.2) is 48.2 Å². The van der Waals surface area contributed by atoms with E-state index >= 15 is 0 Å². The molecule has 1 aliphatic rings. The quantitative estimate of drug-likeness (QED) is 0.107. The number of halogens is 2. The van der Waals surface area contributed by atoms with E-state index in [9.17, 15) is 31.9 Å². The minimum absolute atomic E-state index is 0.113. The number of sulfonamides is 1. The minimum Gasteiger partial charge on any atom is -0.497 e. The number of pyridine rings is 1. The summed E-state index contributed by atoms with van der Waals surface area (Å²) in [5, 5.41) is 13.2. The lowest BCUT2D eigenvalue weighted by Crippen LogP contribution is -2.38. The van der Waals surface area contributed by atoms with Crippen molar-refractivity contribution in [3.05, 3.63) is 119 Å². The molecular formula is C39H37F2N5O7S. The molecule has 2 heterocycles. The Morgan fingerprint density at radius 1 is 1.04 bits per heavy atom. The highest BCUT2D eigenvalue weighted by Gasteiger charge is 2.41. The zero-order valence-corrected chi connectivity index (χ0v) is 30.5. The molecule has 12 nitrogen and oxygen atoms in total. The monoisotopic (exact) mass is 757 g/mol. The van der Waals surface area contributed by atoms with Gasteiger partial charge >= 0.3 is 5.97 Å². The summed E-state index contributed by atoms with van der Waals surface area (Å²) in [6.45, 7) is 4.07. The van der Waals surface area contributed by atoms with E-state index in [-0.39, 0.29) is 34.7 Å². The molecule has 6 rings (SSSR count). The van der Waals surface area contributed by atoms with E-state index in [0.29, 0.717) is 47.1 Å². The van der Waals surface area contributed by atoms with Gasteiger partial charge in [-0.25, -0.2) is 31.7 Å². The van der Waals surface area contributed by atoms with Crippen molar-refractivity contribution in [2.45, 2.75) is 31.7 Å². The van der Waals surface area contributed by atoms with E-state index in [4.69, 9.17) is 14.5 Å². The van der Waals surface area contributed by atoms with Crippen molar-refractivity contribution in [1.82, 2.24) is 14.5 Å². The van der Waals surface area contributed by atoms with Gasteiger partial charge in [0.2, 0.25) is 11.8 Å². The molecule has 280 valence electrons. The first-order valence-electron chi connectivity index (χ1n) is 16.9. The van der Waals surface area contributed by atoms with Crippen molar-refractivity contribution in [1.29, 1.82) is 0 Å². The predicted molar refractivity (Wildman–Crippen MR) is 201 cm³/mol. The number of methoxy groups -OCH3 is 2. The lowest BCUT2D eigenvalue weighted by atomic mass is 9.65. The number of anilines is 2. The second-order valence-electron chi connectivity index (χ2n) is 12.8. The molecule has 0 spiro atoms. The second-order valence-corrected chi connectivity index (χ2v) is 14.4. The fourth-order valence-electron chi connectivity index (χ4n) is 6.40. The van der Waals surface area contributed by atoms with Crippen molar-refractivity contribution in [2.75, 3.05) is 24.3 Å². The summed E-state index contributed by atoms with van der Waals surface area (Å²) in [6.07, 6.45) is 7.29. The largest absolute Gasteiger partial charge is 0.497 e. The van der Waals surface area contributed by atoms with Crippen LogP contribution in [0.3, 0.4) is 0 Å². The van der Waals surface area contributed by atoms with Gasteiger partial charge in [-0.3, -0.25) is 14.3 Å². The summed E-state index contributed by atoms with van der Waals surface area (Å²) >= 11 is 0. The Labute approximate surface area is 309 Å². The molecule has 15 heteroatoms. The highest BCUT2D eigenvalue weighted by molar-refractivity contribution is 7.92. The molecular weight excluding hydrogens is 721 g/mol. The molecule has 54 heavy (non-hydrogen) atoms. The van der Waals surface area contributed by atoms with Crippen LogP contribution in [0.25, 0.3) is 27.7 Å². The molecule has 5 aromatic rings. The number of carboxylic acids is 1. The number of aliphatic carboxylic acids is 1. The number of allylic oxidation sites excluding steroid dienone is 4. The Bertz CT molecular complexity index is 2470. The van der Waals surface area contributed by atoms with Gasteiger partial charge in [0, 0.05) is 30.1 Å². The lowest BCUT2D eigenvalue weighted by Gasteiger charge is -2.38. The molecule has 1 fully saturated rings. The number of rotatable bonds is 13. The molecule has 2 aromatic heterocycles. The number of hydrogen-bond acceptors (Lipinski definition) is 9. The maximum Gasteiger partial charge on any atom is 0.307 e. The molecule has 0 amide bonds. The Morgan fingerprint density at radius 2 is 1.80 bits per heavy atom. The van der Waals surface area contributed by atoms with Crippen LogP contribution in [0.4, 0.5) is 20.4 Å². The van der Waals surface area contributed by atoms with Gasteiger partial charge in [-0.1, -0.05) is 37.3 Å². The minimum atomic E-state index is -4.54. The summed E-state index contributed by atoms with van der Waals surface area (Å²) in [6, 6.07) is 15.9. The van der Waals surface area contributed by atoms with E-state index < -0.39 is 44.0 Å². The number of fused-ring (bicyclic) bond motifs is 1. The van der Waals surface area contributed by atoms with Crippen LogP contribution in [-0.2, 0) is 21.4 Å². The van der Waals surface area contributed by atoms with E-state index in [1.54, 1.807) is 44.4 Å². The molecule has 3 N–H and O–H groups in total. The summed E-state index contributed by atoms with van der Waals surface area (Å²) in [5.74, 6) is -2.81. The van der Waals surface area contributed by atoms with E-state index in [2.05, 4.69) is 15.0 Å². The van der Waals surface area contributed by atoms with Gasteiger partial charge in [-0.15, -0.1) is 0 Å². The number of ether oxygens (including phenoxy) is 2. The van der Waals surface area contributed by atoms with Crippen molar-refractivity contribution in [3.63, 3.8) is 0 Å². The highest BCUT2D eigenvalue weighted by atomic mass is 32.2. The Morgan fingerprint density at radius 3 is 2.44 bits per heavy atom. The standard InChI is InChI=1S/C39H37F2N5O7S/c1-5-27(10-13-29-22(2)16-30(29)38(48)49)46-37(47)31-17-24(8-14-33(31)44-39(46)43-20-23-6-11-28(52-3)12-7-23)25-18-34(36(53-4)42-21-25)45-54(50,51)35-15-9-26(40)19-32(35)41/h5-15,17-19,21-22,29-30,45H,16,20H2,1-4H3,(H,43,44)(H,48,49)/b13-10-,27-5+. The van der Waals surface area contributed by atoms with Crippen molar-refractivity contribution in [2.24, 2.45) is 17.8 Å². The molecule has 1 saturated carbocycles. The number of aromatic nitrogens is 3. The number of carboxylic acid groups (broad SMARTS) is 1. The van der Waals surface area contributed by atoms with Gasteiger partial charge in [0.05, 0.1) is 31.0 Å². The van der Waals surface area contributed by atoms with Gasteiger partial charge in [-0.05, 0) is 84.8 Å². The van der Waals surface area contributed by atoms with Crippen molar-refractivity contribution < 1.29 is 36.6 Å². The van der Waals surface area contributed by atoms with Crippen LogP contribution < -0.4 is 25.1 Å². The van der Waals surface area contributed by atoms with Gasteiger partial charge in [0.15, 0.2) is 0 Å². The third kappa shape index (κ3) is 7.67. The number of nitrogens with zero attached hydrogens (tertiary/aromatic N) is 3. The fourth-order valence-corrected chi connectivity index (χ4v) is 7.51. The molecule has 0 radical (unpaired) electrons. The van der Waals surface area contributed by atoms with Crippen LogP contribution in [0, 0.1) is 29.4 Å². The maximum absolute atomic E-state index is 14.5. The fraction of sp³-hybridized carbons (Fsp3) is 0.231. The first-order chi connectivity index (χ1) is 25.8. The SMILES string of the molecule is C/C=C(\C=C/C1C(C)CC1C(=O)O)n1c(NCc2ccc(OC)cc2)nc2ccc(-c3cnc(OC)c(NS(=O)(=O)c4ccc(F)cc4F)c3)cc2c1=O. The number of benzene rings is 3. The van der Waals surface area contributed by atoms with E-state index in [1.165, 1.54) is 23.9 Å². The van der Waals surface area contributed by atoms with Crippen molar-refractivity contribution in [3.8, 4) is 22.8 Å². The number of carbonyl (C=O) groups is 1. The van der Waals surface area contributed by atoms with Gasteiger partial charge in [-0.2, -0.15) is 0 Å². The summed E-state index contributed by atoms with van der Waals surface area (Å²) in [5.41, 5.74) is 2.03. The summed E-state index contributed by atoms with van der Waals surface area (Å²) < 4.78 is 68.4. The van der Waals surface area contributed by atoms with Crippen LogP contribution in [0.2, 0.25) is 0 Å². The first kappa shape index (κ1) is 37.7. The van der Waals surface area contributed by atoms with Crippen LogP contribution >= 0.6 is 0 Å². The lowest BCUT2D eigenvalue weighted by molar-refractivity contribution is -0.148. The smallest absolute Gasteiger partial charge is 0.307 e. The maximum atomic E-state index is 14.5. The number of nitrogens with one attached hydrogen (secondary N) is 2. The van der Waals surface area contributed by atoms with Crippen LogP contribution in [0.1, 0.15) is 25.8 Å². The van der Waals surface area contributed by atoms with Crippen molar-refractivity contribution >= 4 is 44.2 Å². The summed E-state index contributed by atoms with van der Waals surface area (Å²) in [7, 11) is -1.68. The number of hydrogen-bond donors (Lipinski definition) is 3. The van der Waals surface area contributed by atoms with E-state index in [0.717, 1.165) is 17.7 Å².